The van der Waals surface area contributed by atoms with Crippen molar-refractivity contribution in [2.24, 2.45) is 13.0 Å². The summed E-state index contributed by atoms with van der Waals surface area (Å²) in [5, 5.41) is 13.0. The third-order valence-electron chi connectivity index (χ3n) is 2.79. The van der Waals surface area contributed by atoms with Crippen LogP contribution in [0.4, 0.5) is 0 Å². The van der Waals surface area contributed by atoms with Gasteiger partial charge in [0.05, 0.1) is 33.3 Å². The van der Waals surface area contributed by atoms with Gasteiger partial charge in [0.1, 0.15) is 0 Å². The number of hydrogen-bond acceptors (Lipinski definition) is 4. The summed E-state index contributed by atoms with van der Waals surface area (Å²) < 4.78 is 26.2. The van der Waals surface area contributed by atoms with E-state index in [-0.39, 0.29) is 11.5 Å². The average Bonchev–Trinajstić information content (AvgIpc) is 2.55. The van der Waals surface area contributed by atoms with E-state index in [1.807, 2.05) is 6.92 Å². The van der Waals surface area contributed by atoms with Crippen LogP contribution in [0.1, 0.15) is 25.2 Å². The molecular formula is C11H17BrN2O4S. The third kappa shape index (κ3) is 4.04. The third-order valence-corrected chi connectivity index (χ3v) is 5.42. The van der Waals surface area contributed by atoms with Gasteiger partial charge in [-0.2, -0.15) is 5.10 Å². The van der Waals surface area contributed by atoms with Crippen LogP contribution in [0, 0.1) is 5.92 Å². The number of aryl methyl sites for hydroxylation is 2. The van der Waals surface area contributed by atoms with E-state index in [9.17, 15) is 13.2 Å². The molecule has 0 aromatic carbocycles. The van der Waals surface area contributed by atoms with Crippen molar-refractivity contribution in [1.82, 2.24) is 9.78 Å². The van der Waals surface area contributed by atoms with Crippen molar-refractivity contribution in [2.75, 3.05) is 5.75 Å². The van der Waals surface area contributed by atoms with Crippen LogP contribution in [0.15, 0.2) is 4.47 Å². The second-order valence-corrected chi connectivity index (χ2v) is 7.38. The van der Waals surface area contributed by atoms with E-state index in [0.717, 1.165) is 5.69 Å². The standard InChI is InChI=1S/C11H17BrN2O4S/c1-4-8-10(12)9(14(3)13-8)6-19(17,18)5-7(2)11(15)16/h7H,4-6H2,1-3H3,(H,15,16). The molecule has 1 rings (SSSR count). The number of carboxylic acids is 1. The Morgan fingerprint density at radius 1 is 1.53 bits per heavy atom. The molecule has 0 aliphatic carbocycles. The van der Waals surface area contributed by atoms with Crippen LogP contribution in [0.25, 0.3) is 0 Å². The van der Waals surface area contributed by atoms with Crippen molar-refractivity contribution in [3.8, 4) is 0 Å². The van der Waals surface area contributed by atoms with Gasteiger partial charge in [0.25, 0.3) is 0 Å². The van der Waals surface area contributed by atoms with Gasteiger partial charge in [-0.05, 0) is 22.4 Å². The molecule has 1 aromatic rings. The Labute approximate surface area is 120 Å². The van der Waals surface area contributed by atoms with E-state index < -0.39 is 21.7 Å². The molecule has 0 amide bonds. The molecule has 1 N–H and O–H groups in total. The van der Waals surface area contributed by atoms with Gasteiger partial charge in [0, 0.05) is 7.05 Å². The van der Waals surface area contributed by atoms with Crippen molar-refractivity contribution in [1.29, 1.82) is 0 Å². The molecule has 1 heterocycles. The first-order valence-corrected chi connectivity index (χ1v) is 8.42. The van der Waals surface area contributed by atoms with Gasteiger partial charge >= 0.3 is 5.97 Å². The number of aliphatic carboxylic acids is 1. The zero-order valence-corrected chi connectivity index (χ0v) is 13.5. The molecule has 0 spiro atoms. The van der Waals surface area contributed by atoms with Gasteiger partial charge < -0.3 is 5.11 Å². The van der Waals surface area contributed by atoms with Crippen LogP contribution >= 0.6 is 15.9 Å². The largest absolute Gasteiger partial charge is 0.481 e. The number of carboxylic acid groups (broad SMARTS) is 1. The predicted octanol–water partition coefficient (Wildman–Crippen LogP) is 1.38. The molecule has 0 bridgehead atoms. The molecule has 1 unspecified atom stereocenters. The average molecular weight is 353 g/mol. The van der Waals surface area contributed by atoms with Crippen LogP contribution in [-0.4, -0.2) is 35.0 Å². The first kappa shape index (κ1) is 16.2. The minimum absolute atomic E-state index is 0.214. The highest BCUT2D eigenvalue weighted by Crippen LogP contribution is 2.24. The molecule has 6 nitrogen and oxygen atoms in total. The number of rotatable bonds is 6. The molecule has 0 saturated heterocycles. The molecule has 8 heteroatoms. The summed E-state index contributed by atoms with van der Waals surface area (Å²) in [4.78, 5) is 10.7. The van der Waals surface area contributed by atoms with E-state index in [1.54, 1.807) is 7.05 Å². The lowest BCUT2D eigenvalue weighted by atomic mass is 10.2. The van der Waals surface area contributed by atoms with Crippen molar-refractivity contribution in [3.63, 3.8) is 0 Å². The van der Waals surface area contributed by atoms with Crippen LogP contribution in [-0.2, 0) is 33.9 Å². The summed E-state index contributed by atoms with van der Waals surface area (Å²) in [6.07, 6.45) is 0.694. The number of nitrogens with zero attached hydrogens (tertiary/aromatic N) is 2. The smallest absolute Gasteiger partial charge is 0.307 e. The zero-order chi connectivity index (χ0) is 14.8. The normalized spacial score (nSPS) is 13.5. The summed E-state index contributed by atoms with van der Waals surface area (Å²) in [5.41, 5.74) is 1.34. The maximum Gasteiger partial charge on any atom is 0.307 e. The minimum atomic E-state index is -3.49. The number of hydrogen-bond donors (Lipinski definition) is 1. The highest BCUT2D eigenvalue weighted by atomic mass is 79.9. The van der Waals surface area contributed by atoms with Crippen LogP contribution in [0.3, 0.4) is 0 Å². The Morgan fingerprint density at radius 2 is 2.11 bits per heavy atom. The summed E-state index contributed by atoms with van der Waals surface area (Å²) in [6, 6.07) is 0. The number of halogens is 1. The molecule has 0 fully saturated rings. The van der Waals surface area contributed by atoms with Crippen molar-refractivity contribution in [2.45, 2.75) is 26.0 Å². The summed E-state index contributed by atoms with van der Waals surface area (Å²) in [5.74, 6) is -2.61. The molecule has 0 saturated carbocycles. The molecular weight excluding hydrogens is 336 g/mol. The maximum atomic E-state index is 12.0. The number of sulfone groups is 1. The minimum Gasteiger partial charge on any atom is -0.481 e. The number of aromatic nitrogens is 2. The van der Waals surface area contributed by atoms with Crippen LogP contribution < -0.4 is 0 Å². The quantitative estimate of drug-likeness (QED) is 0.835. The van der Waals surface area contributed by atoms with Gasteiger partial charge in [0.15, 0.2) is 9.84 Å². The first-order chi connectivity index (χ1) is 8.68. The molecule has 0 aliphatic heterocycles. The molecule has 108 valence electrons. The van der Waals surface area contributed by atoms with Crippen LogP contribution in [0.2, 0.25) is 0 Å². The van der Waals surface area contributed by atoms with E-state index in [0.29, 0.717) is 16.6 Å². The van der Waals surface area contributed by atoms with Crippen molar-refractivity contribution in [3.05, 3.63) is 15.9 Å². The highest BCUT2D eigenvalue weighted by Gasteiger charge is 2.24. The van der Waals surface area contributed by atoms with Gasteiger partial charge in [-0.15, -0.1) is 0 Å². The fourth-order valence-corrected chi connectivity index (χ4v) is 4.41. The lowest BCUT2D eigenvalue weighted by Crippen LogP contribution is -2.22. The molecule has 19 heavy (non-hydrogen) atoms. The summed E-state index contributed by atoms with van der Waals surface area (Å²) >= 11 is 3.35. The fourth-order valence-electron chi connectivity index (χ4n) is 1.70. The topological polar surface area (TPSA) is 89.3 Å². The Morgan fingerprint density at radius 3 is 2.53 bits per heavy atom. The van der Waals surface area contributed by atoms with E-state index in [1.165, 1.54) is 11.6 Å². The lowest BCUT2D eigenvalue weighted by Gasteiger charge is -2.08. The maximum absolute atomic E-state index is 12.0. The summed E-state index contributed by atoms with van der Waals surface area (Å²) in [6.45, 7) is 3.31. The molecule has 1 atom stereocenters. The zero-order valence-electron chi connectivity index (χ0n) is 11.1. The highest BCUT2D eigenvalue weighted by molar-refractivity contribution is 9.10. The van der Waals surface area contributed by atoms with E-state index in [2.05, 4.69) is 21.0 Å². The Bertz CT molecular complexity index is 580. The predicted molar refractivity (Wildman–Crippen MR) is 74.6 cm³/mol. The van der Waals surface area contributed by atoms with Crippen LogP contribution in [0.5, 0.6) is 0 Å². The first-order valence-electron chi connectivity index (χ1n) is 5.81. The second kappa shape index (κ2) is 6.04. The van der Waals surface area contributed by atoms with E-state index >= 15 is 0 Å². The van der Waals surface area contributed by atoms with Gasteiger partial charge in [-0.1, -0.05) is 13.8 Å². The molecule has 0 radical (unpaired) electrons. The fraction of sp³-hybridized carbons (Fsp3) is 0.636. The van der Waals surface area contributed by atoms with Crippen molar-refractivity contribution < 1.29 is 18.3 Å². The van der Waals surface area contributed by atoms with E-state index in [4.69, 9.17) is 5.11 Å². The Balaban J connectivity index is 2.96. The van der Waals surface area contributed by atoms with Crippen molar-refractivity contribution >= 4 is 31.7 Å². The monoisotopic (exact) mass is 352 g/mol. The SMILES string of the molecule is CCc1nn(C)c(CS(=O)(=O)CC(C)C(=O)O)c1Br. The number of carbonyl (C=O) groups is 1. The summed E-state index contributed by atoms with van der Waals surface area (Å²) in [7, 11) is -1.81. The Kier molecular flexibility index (Phi) is 5.14. The molecule has 0 aliphatic rings. The molecule has 1 aromatic heterocycles. The van der Waals surface area contributed by atoms with Gasteiger partial charge in [-0.25, -0.2) is 8.42 Å². The van der Waals surface area contributed by atoms with Gasteiger partial charge in [-0.3, -0.25) is 9.48 Å². The lowest BCUT2D eigenvalue weighted by molar-refractivity contribution is -0.140. The van der Waals surface area contributed by atoms with Gasteiger partial charge in [0.2, 0.25) is 0 Å². The Hall–Kier alpha value is -0.890. The second-order valence-electron chi connectivity index (χ2n) is 4.48.